The molecular formula is C13H23NO4. The minimum atomic E-state index is -0.627. The van der Waals surface area contributed by atoms with Crippen LogP contribution in [0.3, 0.4) is 0 Å². The number of Topliss-reactive ketones (excluding diaryl/α,β-unsaturated/α-hetero) is 1. The number of hydrogen-bond donors (Lipinski definition) is 1. The van der Waals surface area contributed by atoms with Crippen LogP contribution in [0.2, 0.25) is 0 Å². The second kappa shape index (κ2) is 5.69. The third-order valence-electron chi connectivity index (χ3n) is 2.80. The van der Waals surface area contributed by atoms with Crippen LogP contribution in [-0.4, -0.2) is 36.7 Å². The van der Waals surface area contributed by atoms with Crippen LogP contribution >= 0.6 is 0 Å². The van der Waals surface area contributed by atoms with Gasteiger partial charge in [-0.2, -0.15) is 0 Å². The molecule has 1 fully saturated rings. The quantitative estimate of drug-likeness (QED) is 0.817. The van der Waals surface area contributed by atoms with Crippen molar-refractivity contribution in [3.63, 3.8) is 0 Å². The molecule has 0 spiro atoms. The van der Waals surface area contributed by atoms with Gasteiger partial charge in [-0.25, -0.2) is 4.79 Å². The molecule has 104 valence electrons. The summed E-state index contributed by atoms with van der Waals surface area (Å²) in [6.45, 7) is 7.11. The fraction of sp³-hybridized carbons (Fsp3) is 0.846. The predicted octanol–water partition coefficient (Wildman–Crippen LogP) is 1.89. The molecule has 0 aromatic carbocycles. The van der Waals surface area contributed by atoms with Crippen molar-refractivity contribution < 1.29 is 19.1 Å². The summed E-state index contributed by atoms with van der Waals surface area (Å²) in [4.78, 5) is 23.8. The maximum Gasteiger partial charge on any atom is 0.408 e. The van der Waals surface area contributed by atoms with Crippen molar-refractivity contribution >= 4 is 11.9 Å². The molecule has 1 saturated carbocycles. The van der Waals surface area contributed by atoms with E-state index in [2.05, 4.69) is 5.32 Å². The normalized spacial score (nSPS) is 18.9. The molecule has 18 heavy (non-hydrogen) atoms. The number of rotatable bonds is 5. The standard InChI is InChI=1S/C13H23NO4/c1-8(17-5)10(11(15)9-6-7-9)14-12(16)18-13(2,3)4/h8-10H,6-7H2,1-5H3,(H,14,16). The number of nitrogens with one attached hydrogen (secondary N) is 1. The number of alkyl carbamates (subject to hydrolysis) is 1. The van der Waals surface area contributed by atoms with E-state index in [1.165, 1.54) is 7.11 Å². The molecule has 0 radical (unpaired) electrons. The molecule has 2 atom stereocenters. The van der Waals surface area contributed by atoms with E-state index in [-0.39, 0.29) is 17.8 Å². The fourth-order valence-electron chi connectivity index (χ4n) is 1.61. The number of ketones is 1. The van der Waals surface area contributed by atoms with Crippen LogP contribution in [0.4, 0.5) is 4.79 Å². The van der Waals surface area contributed by atoms with E-state index in [1.54, 1.807) is 27.7 Å². The Morgan fingerprint density at radius 1 is 1.28 bits per heavy atom. The highest BCUT2D eigenvalue weighted by Crippen LogP contribution is 2.31. The lowest BCUT2D eigenvalue weighted by atomic mass is 10.0. The molecule has 0 aromatic rings. The number of carbonyl (C=O) groups excluding carboxylic acids is 2. The third kappa shape index (κ3) is 4.64. The lowest BCUT2D eigenvalue weighted by molar-refractivity contribution is -0.125. The van der Waals surface area contributed by atoms with Crippen LogP contribution in [0, 0.1) is 5.92 Å². The number of carbonyl (C=O) groups is 2. The van der Waals surface area contributed by atoms with Gasteiger partial charge in [-0.3, -0.25) is 4.79 Å². The van der Waals surface area contributed by atoms with E-state index in [1.807, 2.05) is 0 Å². The van der Waals surface area contributed by atoms with Gasteiger partial charge in [0.1, 0.15) is 11.6 Å². The number of ether oxygens (including phenoxy) is 2. The summed E-state index contributed by atoms with van der Waals surface area (Å²) in [6, 6.07) is -0.627. The van der Waals surface area contributed by atoms with Crippen molar-refractivity contribution in [1.29, 1.82) is 0 Å². The van der Waals surface area contributed by atoms with Crippen LogP contribution in [-0.2, 0) is 14.3 Å². The second-order valence-electron chi connectivity index (χ2n) is 5.74. The molecule has 1 N–H and O–H groups in total. The van der Waals surface area contributed by atoms with E-state index in [9.17, 15) is 9.59 Å². The monoisotopic (exact) mass is 257 g/mol. The molecule has 0 saturated heterocycles. The van der Waals surface area contributed by atoms with Gasteiger partial charge in [-0.05, 0) is 40.5 Å². The summed E-state index contributed by atoms with van der Waals surface area (Å²) in [7, 11) is 1.52. The van der Waals surface area contributed by atoms with Crippen molar-refractivity contribution in [2.75, 3.05) is 7.11 Å². The van der Waals surface area contributed by atoms with Gasteiger partial charge < -0.3 is 14.8 Å². The number of methoxy groups -OCH3 is 1. The van der Waals surface area contributed by atoms with E-state index in [4.69, 9.17) is 9.47 Å². The summed E-state index contributed by atoms with van der Waals surface area (Å²) in [6.07, 6.45) is 0.875. The molecule has 0 aromatic heterocycles. The molecule has 1 rings (SSSR count). The highest BCUT2D eigenvalue weighted by atomic mass is 16.6. The minimum absolute atomic E-state index is 0.0372. The van der Waals surface area contributed by atoms with Gasteiger partial charge in [0.25, 0.3) is 0 Å². The van der Waals surface area contributed by atoms with E-state index in [0.29, 0.717) is 0 Å². The van der Waals surface area contributed by atoms with Crippen molar-refractivity contribution in [2.45, 2.75) is 58.3 Å². The van der Waals surface area contributed by atoms with Gasteiger partial charge in [0.15, 0.2) is 5.78 Å². The third-order valence-corrected chi connectivity index (χ3v) is 2.80. The Morgan fingerprint density at radius 2 is 1.83 bits per heavy atom. The number of hydrogen-bond acceptors (Lipinski definition) is 4. The molecule has 5 heteroatoms. The van der Waals surface area contributed by atoms with E-state index in [0.717, 1.165) is 12.8 Å². The van der Waals surface area contributed by atoms with Crippen molar-refractivity contribution in [3.05, 3.63) is 0 Å². The maximum absolute atomic E-state index is 12.1. The molecule has 1 aliphatic carbocycles. The van der Waals surface area contributed by atoms with Crippen LogP contribution < -0.4 is 5.32 Å². The first-order chi connectivity index (χ1) is 8.24. The Kier molecular flexibility index (Phi) is 4.73. The van der Waals surface area contributed by atoms with Gasteiger partial charge in [-0.15, -0.1) is 0 Å². The molecular weight excluding hydrogens is 234 g/mol. The van der Waals surface area contributed by atoms with Crippen molar-refractivity contribution in [3.8, 4) is 0 Å². The average Bonchev–Trinajstić information content (AvgIpc) is 3.05. The van der Waals surface area contributed by atoms with E-state index >= 15 is 0 Å². The Morgan fingerprint density at radius 3 is 2.22 bits per heavy atom. The topological polar surface area (TPSA) is 64.6 Å². The SMILES string of the molecule is COC(C)C(NC(=O)OC(C)(C)C)C(=O)C1CC1. The zero-order valence-electron chi connectivity index (χ0n) is 11.8. The summed E-state index contributed by atoms with van der Waals surface area (Å²) in [5.41, 5.74) is -0.576. The molecule has 0 heterocycles. The van der Waals surface area contributed by atoms with Gasteiger partial charge in [-0.1, -0.05) is 0 Å². The molecule has 1 aliphatic rings. The Labute approximate surface area is 108 Å². The van der Waals surface area contributed by atoms with Gasteiger partial charge in [0.2, 0.25) is 0 Å². The first-order valence-corrected chi connectivity index (χ1v) is 6.30. The van der Waals surface area contributed by atoms with Crippen LogP contribution in [0.1, 0.15) is 40.5 Å². The van der Waals surface area contributed by atoms with Crippen LogP contribution in [0.5, 0.6) is 0 Å². The predicted molar refractivity (Wildman–Crippen MR) is 67.4 cm³/mol. The Bertz CT molecular complexity index is 317. The summed E-state index contributed by atoms with van der Waals surface area (Å²) < 4.78 is 10.3. The first-order valence-electron chi connectivity index (χ1n) is 6.30. The molecule has 1 amide bonds. The van der Waals surface area contributed by atoms with Crippen molar-refractivity contribution in [1.82, 2.24) is 5.32 Å². The molecule has 0 aliphatic heterocycles. The first kappa shape index (κ1) is 15.0. The maximum atomic E-state index is 12.1. The summed E-state index contributed by atoms with van der Waals surface area (Å²) in [5.74, 6) is 0.109. The average molecular weight is 257 g/mol. The van der Waals surface area contributed by atoms with Gasteiger partial charge in [0.05, 0.1) is 6.10 Å². The smallest absolute Gasteiger partial charge is 0.408 e. The fourth-order valence-corrected chi connectivity index (χ4v) is 1.61. The van der Waals surface area contributed by atoms with Crippen LogP contribution in [0.25, 0.3) is 0 Å². The summed E-state index contributed by atoms with van der Waals surface area (Å²) in [5, 5.41) is 2.61. The zero-order chi connectivity index (χ0) is 13.9. The zero-order valence-corrected chi connectivity index (χ0v) is 11.8. The highest BCUT2D eigenvalue weighted by Gasteiger charge is 2.38. The summed E-state index contributed by atoms with van der Waals surface area (Å²) >= 11 is 0. The second-order valence-corrected chi connectivity index (χ2v) is 5.74. The van der Waals surface area contributed by atoms with E-state index < -0.39 is 17.7 Å². The lowest BCUT2D eigenvalue weighted by Gasteiger charge is -2.25. The number of amides is 1. The largest absolute Gasteiger partial charge is 0.444 e. The van der Waals surface area contributed by atoms with Gasteiger partial charge in [0, 0.05) is 13.0 Å². The molecule has 5 nitrogen and oxygen atoms in total. The van der Waals surface area contributed by atoms with Gasteiger partial charge >= 0.3 is 6.09 Å². The Hall–Kier alpha value is -1.10. The molecule has 0 bridgehead atoms. The molecule has 2 unspecified atom stereocenters. The highest BCUT2D eigenvalue weighted by molar-refractivity contribution is 5.91. The van der Waals surface area contributed by atoms with Crippen LogP contribution in [0.15, 0.2) is 0 Å². The minimum Gasteiger partial charge on any atom is -0.444 e. The lowest BCUT2D eigenvalue weighted by Crippen LogP contribution is -2.50. The van der Waals surface area contributed by atoms with Crippen molar-refractivity contribution in [2.24, 2.45) is 5.92 Å². The Balaban J connectivity index is 2.60.